The fraction of sp³-hybridized carbons (Fsp3) is 0.286. The highest BCUT2D eigenvalue weighted by molar-refractivity contribution is 5.47. The van der Waals surface area contributed by atoms with Gasteiger partial charge in [-0.05, 0) is 26.0 Å². The molecule has 0 atom stereocenters. The molecule has 0 radical (unpaired) electrons. The van der Waals surface area contributed by atoms with Gasteiger partial charge >= 0.3 is 0 Å². The normalized spacial score (nSPS) is 12.3. The van der Waals surface area contributed by atoms with Gasteiger partial charge in [0.05, 0.1) is 0 Å². The summed E-state index contributed by atoms with van der Waals surface area (Å²) in [7, 11) is 0. The Morgan fingerprint density at radius 1 is 1.20 bits per heavy atom. The SMILES string of the molecule is CCNc1nc(C)cc(Oc2ccc3c(c2)OCO3)n1. The van der Waals surface area contributed by atoms with E-state index in [-0.39, 0.29) is 6.79 Å². The van der Waals surface area contributed by atoms with Crippen molar-refractivity contribution in [1.82, 2.24) is 9.97 Å². The maximum Gasteiger partial charge on any atom is 0.231 e. The fourth-order valence-electron chi connectivity index (χ4n) is 1.89. The smallest absolute Gasteiger partial charge is 0.231 e. The lowest BCUT2D eigenvalue weighted by atomic mass is 10.3. The van der Waals surface area contributed by atoms with Crippen molar-refractivity contribution in [3.8, 4) is 23.1 Å². The third kappa shape index (κ3) is 2.59. The number of aryl methyl sites for hydroxylation is 1. The molecule has 6 nitrogen and oxygen atoms in total. The molecular weight excluding hydrogens is 258 g/mol. The Kier molecular flexibility index (Phi) is 3.28. The van der Waals surface area contributed by atoms with Crippen LogP contribution in [0.5, 0.6) is 23.1 Å². The average Bonchev–Trinajstić information content (AvgIpc) is 2.85. The fourth-order valence-corrected chi connectivity index (χ4v) is 1.89. The van der Waals surface area contributed by atoms with Gasteiger partial charge in [0.1, 0.15) is 5.75 Å². The van der Waals surface area contributed by atoms with Crippen LogP contribution in [0.15, 0.2) is 24.3 Å². The van der Waals surface area contributed by atoms with Gasteiger partial charge in [-0.15, -0.1) is 0 Å². The summed E-state index contributed by atoms with van der Waals surface area (Å²) in [6.45, 7) is 4.89. The third-order valence-corrected chi connectivity index (χ3v) is 2.73. The molecule has 3 rings (SSSR count). The van der Waals surface area contributed by atoms with E-state index in [1.807, 2.05) is 26.0 Å². The molecule has 6 heteroatoms. The van der Waals surface area contributed by atoms with Crippen LogP contribution in [-0.4, -0.2) is 23.3 Å². The van der Waals surface area contributed by atoms with Crippen LogP contribution in [0.2, 0.25) is 0 Å². The van der Waals surface area contributed by atoms with Crippen LogP contribution in [0.3, 0.4) is 0 Å². The Morgan fingerprint density at radius 2 is 2.05 bits per heavy atom. The first-order chi connectivity index (χ1) is 9.74. The molecule has 2 heterocycles. The molecule has 2 aromatic rings. The molecule has 0 fully saturated rings. The van der Waals surface area contributed by atoms with Crippen LogP contribution >= 0.6 is 0 Å². The summed E-state index contributed by atoms with van der Waals surface area (Å²) < 4.78 is 16.3. The second kappa shape index (κ2) is 5.24. The predicted octanol–water partition coefficient (Wildman–Crippen LogP) is 2.74. The summed E-state index contributed by atoms with van der Waals surface area (Å²) in [5.74, 6) is 3.11. The number of aromatic nitrogens is 2. The van der Waals surface area contributed by atoms with Gasteiger partial charge in [0.2, 0.25) is 18.6 Å². The molecule has 0 saturated carbocycles. The van der Waals surface area contributed by atoms with E-state index in [9.17, 15) is 0 Å². The van der Waals surface area contributed by atoms with Crippen molar-refractivity contribution in [1.29, 1.82) is 0 Å². The maximum atomic E-state index is 5.74. The molecule has 1 aliphatic rings. The molecule has 0 bridgehead atoms. The third-order valence-electron chi connectivity index (χ3n) is 2.73. The van der Waals surface area contributed by atoms with Crippen molar-refractivity contribution in [2.45, 2.75) is 13.8 Å². The van der Waals surface area contributed by atoms with E-state index in [1.165, 1.54) is 0 Å². The zero-order valence-electron chi connectivity index (χ0n) is 11.3. The van der Waals surface area contributed by atoms with Gasteiger partial charge < -0.3 is 19.5 Å². The van der Waals surface area contributed by atoms with Crippen molar-refractivity contribution in [2.24, 2.45) is 0 Å². The first-order valence-electron chi connectivity index (χ1n) is 6.41. The van der Waals surface area contributed by atoms with E-state index in [0.717, 1.165) is 18.0 Å². The van der Waals surface area contributed by atoms with Crippen LogP contribution in [0.25, 0.3) is 0 Å². The topological polar surface area (TPSA) is 65.5 Å². The van der Waals surface area contributed by atoms with Crippen molar-refractivity contribution >= 4 is 5.95 Å². The summed E-state index contributed by atoms with van der Waals surface area (Å²) in [5.41, 5.74) is 0.840. The lowest BCUT2D eigenvalue weighted by Gasteiger charge is -2.08. The number of ether oxygens (including phenoxy) is 3. The Labute approximate surface area is 116 Å². The number of hydrogen-bond acceptors (Lipinski definition) is 6. The Hall–Kier alpha value is -2.50. The number of rotatable bonds is 4. The minimum Gasteiger partial charge on any atom is -0.454 e. The lowest BCUT2D eigenvalue weighted by molar-refractivity contribution is 0.174. The Morgan fingerprint density at radius 3 is 2.90 bits per heavy atom. The number of nitrogens with one attached hydrogen (secondary N) is 1. The number of anilines is 1. The van der Waals surface area contributed by atoms with Crippen molar-refractivity contribution < 1.29 is 14.2 Å². The van der Waals surface area contributed by atoms with Gasteiger partial charge in [-0.25, -0.2) is 4.98 Å². The largest absolute Gasteiger partial charge is 0.454 e. The standard InChI is InChI=1S/C14H15N3O3/c1-3-15-14-16-9(2)6-13(17-14)20-10-4-5-11-12(7-10)19-8-18-11/h4-7H,3,8H2,1-2H3,(H,15,16,17). The highest BCUT2D eigenvalue weighted by Gasteiger charge is 2.14. The van der Waals surface area contributed by atoms with Crippen molar-refractivity contribution in [3.05, 3.63) is 30.0 Å². The summed E-state index contributed by atoms with van der Waals surface area (Å²) in [4.78, 5) is 8.57. The van der Waals surface area contributed by atoms with Gasteiger partial charge in [0.25, 0.3) is 0 Å². The minimum atomic E-state index is 0.246. The van der Waals surface area contributed by atoms with E-state index in [4.69, 9.17) is 14.2 Å². The molecule has 1 aromatic heterocycles. The van der Waals surface area contributed by atoms with Gasteiger partial charge in [-0.2, -0.15) is 4.98 Å². The van der Waals surface area contributed by atoms with E-state index >= 15 is 0 Å². The second-order valence-corrected chi connectivity index (χ2v) is 4.32. The number of nitrogens with zero attached hydrogens (tertiary/aromatic N) is 2. The molecule has 1 aliphatic heterocycles. The highest BCUT2D eigenvalue weighted by atomic mass is 16.7. The Bertz CT molecular complexity index is 631. The molecule has 104 valence electrons. The Balaban J connectivity index is 1.83. The van der Waals surface area contributed by atoms with Gasteiger partial charge in [0.15, 0.2) is 11.5 Å². The van der Waals surface area contributed by atoms with Crippen LogP contribution in [0.1, 0.15) is 12.6 Å². The molecule has 0 spiro atoms. The van der Waals surface area contributed by atoms with Crippen LogP contribution < -0.4 is 19.5 Å². The molecular formula is C14H15N3O3. The monoisotopic (exact) mass is 273 g/mol. The molecule has 0 aliphatic carbocycles. The van der Waals surface area contributed by atoms with Gasteiger partial charge in [-0.3, -0.25) is 0 Å². The predicted molar refractivity (Wildman–Crippen MR) is 73.6 cm³/mol. The van der Waals surface area contributed by atoms with Crippen LogP contribution in [0, 0.1) is 6.92 Å². The summed E-state index contributed by atoms with van der Waals surface area (Å²) in [6.07, 6.45) is 0. The van der Waals surface area contributed by atoms with E-state index in [1.54, 1.807) is 12.1 Å². The lowest BCUT2D eigenvalue weighted by Crippen LogP contribution is -2.03. The van der Waals surface area contributed by atoms with Gasteiger partial charge in [-0.1, -0.05) is 0 Å². The number of hydrogen-bond donors (Lipinski definition) is 1. The molecule has 0 amide bonds. The summed E-state index contributed by atoms with van der Waals surface area (Å²) >= 11 is 0. The zero-order chi connectivity index (χ0) is 13.9. The van der Waals surface area contributed by atoms with Crippen LogP contribution in [-0.2, 0) is 0 Å². The maximum absolute atomic E-state index is 5.74. The molecule has 20 heavy (non-hydrogen) atoms. The number of benzene rings is 1. The van der Waals surface area contributed by atoms with Crippen LogP contribution in [0.4, 0.5) is 5.95 Å². The average molecular weight is 273 g/mol. The highest BCUT2D eigenvalue weighted by Crippen LogP contribution is 2.36. The molecule has 1 N–H and O–H groups in total. The van der Waals surface area contributed by atoms with E-state index in [0.29, 0.717) is 23.3 Å². The molecule has 0 saturated heterocycles. The molecule has 0 unspecified atom stereocenters. The second-order valence-electron chi connectivity index (χ2n) is 4.32. The number of fused-ring (bicyclic) bond motifs is 1. The zero-order valence-corrected chi connectivity index (χ0v) is 11.3. The van der Waals surface area contributed by atoms with Gasteiger partial charge in [0, 0.05) is 24.4 Å². The van der Waals surface area contributed by atoms with Crippen molar-refractivity contribution in [3.63, 3.8) is 0 Å². The first kappa shape index (κ1) is 12.5. The first-order valence-corrected chi connectivity index (χ1v) is 6.41. The summed E-state index contributed by atoms with van der Waals surface area (Å²) in [6, 6.07) is 7.20. The minimum absolute atomic E-state index is 0.246. The van der Waals surface area contributed by atoms with Crippen molar-refractivity contribution in [2.75, 3.05) is 18.7 Å². The van der Waals surface area contributed by atoms with E-state index in [2.05, 4.69) is 15.3 Å². The summed E-state index contributed by atoms with van der Waals surface area (Å²) in [5, 5.41) is 3.07. The quantitative estimate of drug-likeness (QED) is 0.924. The molecule has 1 aromatic carbocycles. The van der Waals surface area contributed by atoms with E-state index < -0.39 is 0 Å².